The molecule has 8 heteroatoms. The van der Waals surface area contributed by atoms with Crippen LogP contribution in [0.2, 0.25) is 0 Å². The van der Waals surface area contributed by atoms with Gasteiger partial charge in [-0.25, -0.2) is 9.97 Å². The Bertz CT molecular complexity index is 1050. The first-order valence-electron chi connectivity index (χ1n) is 9.41. The van der Waals surface area contributed by atoms with Gasteiger partial charge in [0.2, 0.25) is 5.91 Å². The minimum absolute atomic E-state index is 0.205. The van der Waals surface area contributed by atoms with Gasteiger partial charge in [-0.05, 0) is 30.3 Å². The predicted molar refractivity (Wildman–Crippen MR) is 115 cm³/mol. The molecule has 0 unspecified atom stereocenters. The number of carbonyl (C=O) groups excluding carboxylic acids is 1. The number of hydrogen-bond donors (Lipinski definition) is 1. The van der Waals surface area contributed by atoms with Crippen LogP contribution >= 0.6 is 0 Å². The number of benzene rings is 1. The van der Waals surface area contributed by atoms with Crippen molar-refractivity contribution < 1.29 is 14.3 Å². The average molecular weight is 407 g/mol. The Hall–Kier alpha value is -3.68. The molecule has 2 heterocycles. The molecule has 30 heavy (non-hydrogen) atoms. The van der Waals surface area contributed by atoms with Crippen molar-refractivity contribution in [2.45, 2.75) is 26.2 Å². The zero-order valence-electron chi connectivity index (χ0n) is 17.7. The molecule has 0 radical (unpaired) electrons. The topological polar surface area (TPSA) is 91.2 Å². The van der Waals surface area contributed by atoms with Crippen molar-refractivity contribution >= 4 is 17.8 Å². The summed E-state index contributed by atoms with van der Waals surface area (Å²) in [7, 11) is 3.16. The number of nitrogens with zero attached hydrogens (tertiary/aromatic N) is 4. The quantitative estimate of drug-likeness (QED) is 0.628. The summed E-state index contributed by atoms with van der Waals surface area (Å²) < 4.78 is 12.1. The molecule has 3 rings (SSSR count). The van der Waals surface area contributed by atoms with Crippen LogP contribution in [0.25, 0.3) is 12.0 Å². The molecule has 0 saturated heterocycles. The summed E-state index contributed by atoms with van der Waals surface area (Å²) in [5.41, 5.74) is 1.33. The lowest BCUT2D eigenvalue weighted by atomic mass is 9.92. The van der Waals surface area contributed by atoms with Crippen LogP contribution in [-0.4, -0.2) is 39.9 Å². The molecule has 0 bridgehead atoms. The van der Waals surface area contributed by atoms with E-state index in [0.717, 1.165) is 11.3 Å². The van der Waals surface area contributed by atoms with E-state index in [1.807, 2.05) is 26.8 Å². The third-order valence-electron chi connectivity index (χ3n) is 4.32. The molecule has 0 atom stereocenters. The van der Waals surface area contributed by atoms with Gasteiger partial charge < -0.3 is 14.8 Å². The monoisotopic (exact) mass is 407 g/mol. The van der Waals surface area contributed by atoms with Gasteiger partial charge in [0.15, 0.2) is 0 Å². The molecule has 0 aliphatic carbocycles. The van der Waals surface area contributed by atoms with E-state index < -0.39 is 0 Å². The van der Waals surface area contributed by atoms with E-state index in [4.69, 9.17) is 9.47 Å². The van der Waals surface area contributed by atoms with E-state index in [1.54, 1.807) is 57.0 Å². The van der Waals surface area contributed by atoms with Crippen molar-refractivity contribution in [1.29, 1.82) is 0 Å². The fourth-order valence-corrected chi connectivity index (χ4v) is 2.69. The molecule has 8 nitrogen and oxygen atoms in total. The highest BCUT2D eigenvalue weighted by molar-refractivity contribution is 6.01. The number of rotatable bonds is 6. The minimum Gasteiger partial charge on any atom is -0.497 e. The standard InChI is InChI=1S/C22H25N5O3/c1-22(2,3)18-14-19(27(26-18)21-23-11-6-12-24-21)25-20(28)10-7-15-13-16(29-4)8-9-17(15)30-5/h6-14H,1-5H3,(H,25,28)/b10-7+. The minimum atomic E-state index is -0.322. The molecule has 1 aromatic carbocycles. The maximum atomic E-state index is 12.6. The fraction of sp³-hybridized carbons (Fsp3) is 0.273. The Kier molecular flexibility index (Phi) is 6.15. The van der Waals surface area contributed by atoms with Crippen molar-refractivity contribution in [2.24, 2.45) is 0 Å². The average Bonchev–Trinajstić information content (AvgIpc) is 3.17. The van der Waals surface area contributed by atoms with Gasteiger partial charge in [0.1, 0.15) is 17.3 Å². The normalized spacial score (nSPS) is 11.5. The Morgan fingerprint density at radius 3 is 2.47 bits per heavy atom. The van der Waals surface area contributed by atoms with Gasteiger partial charge in [-0.15, -0.1) is 0 Å². The number of methoxy groups -OCH3 is 2. The van der Waals surface area contributed by atoms with E-state index in [9.17, 15) is 4.79 Å². The van der Waals surface area contributed by atoms with Gasteiger partial charge >= 0.3 is 0 Å². The van der Waals surface area contributed by atoms with Crippen LogP contribution in [0.3, 0.4) is 0 Å². The largest absolute Gasteiger partial charge is 0.497 e. The first kappa shape index (κ1) is 21.0. The molecule has 0 aliphatic rings. The van der Waals surface area contributed by atoms with Crippen molar-refractivity contribution in [3.8, 4) is 17.4 Å². The molecule has 2 aromatic heterocycles. The van der Waals surface area contributed by atoms with E-state index >= 15 is 0 Å². The highest BCUT2D eigenvalue weighted by Crippen LogP contribution is 2.26. The maximum Gasteiger partial charge on any atom is 0.252 e. The summed E-state index contributed by atoms with van der Waals surface area (Å²) in [5.74, 6) is 1.85. The summed E-state index contributed by atoms with van der Waals surface area (Å²) in [4.78, 5) is 21.1. The van der Waals surface area contributed by atoms with Gasteiger partial charge in [-0.2, -0.15) is 9.78 Å². The van der Waals surface area contributed by atoms with Crippen molar-refractivity contribution in [3.05, 3.63) is 60.1 Å². The molecule has 0 fully saturated rings. The second-order valence-electron chi connectivity index (χ2n) is 7.56. The zero-order chi connectivity index (χ0) is 21.7. The molecule has 0 saturated carbocycles. The van der Waals surface area contributed by atoms with Crippen LogP contribution in [0, 0.1) is 0 Å². The number of nitrogens with one attached hydrogen (secondary N) is 1. The third kappa shape index (κ3) is 4.83. The molecule has 1 amide bonds. The summed E-state index contributed by atoms with van der Waals surface area (Å²) in [6, 6.07) is 8.92. The Labute approximate surface area is 175 Å². The highest BCUT2D eigenvalue weighted by atomic mass is 16.5. The number of carbonyl (C=O) groups is 1. The fourth-order valence-electron chi connectivity index (χ4n) is 2.69. The van der Waals surface area contributed by atoms with Crippen molar-refractivity contribution in [1.82, 2.24) is 19.7 Å². The highest BCUT2D eigenvalue weighted by Gasteiger charge is 2.22. The second-order valence-corrected chi connectivity index (χ2v) is 7.56. The van der Waals surface area contributed by atoms with E-state index in [2.05, 4.69) is 20.4 Å². The first-order chi connectivity index (χ1) is 14.3. The van der Waals surface area contributed by atoms with Crippen LogP contribution < -0.4 is 14.8 Å². The van der Waals surface area contributed by atoms with Crippen LogP contribution in [0.4, 0.5) is 5.82 Å². The molecule has 3 aromatic rings. The number of hydrogen-bond acceptors (Lipinski definition) is 6. The first-order valence-corrected chi connectivity index (χ1v) is 9.41. The van der Waals surface area contributed by atoms with Crippen LogP contribution in [0.5, 0.6) is 11.5 Å². The van der Waals surface area contributed by atoms with E-state index in [-0.39, 0.29) is 11.3 Å². The lowest BCUT2D eigenvalue weighted by Crippen LogP contribution is -2.14. The Morgan fingerprint density at radius 2 is 1.83 bits per heavy atom. The third-order valence-corrected chi connectivity index (χ3v) is 4.32. The van der Waals surface area contributed by atoms with Crippen LogP contribution in [-0.2, 0) is 10.2 Å². The summed E-state index contributed by atoms with van der Waals surface area (Å²) in [5, 5.41) is 7.45. The van der Waals surface area contributed by atoms with Gasteiger partial charge in [0.05, 0.1) is 19.9 Å². The molecule has 0 aliphatic heterocycles. The Balaban J connectivity index is 1.88. The smallest absolute Gasteiger partial charge is 0.252 e. The molecule has 1 N–H and O–H groups in total. The van der Waals surface area contributed by atoms with Gasteiger partial charge in [-0.1, -0.05) is 20.8 Å². The zero-order valence-corrected chi connectivity index (χ0v) is 17.7. The predicted octanol–water partition coefficient (Wildman–Crippen LogP) is 3.63. The lowest BCUT2D eigenvalue weighted by molar-refractivity contribution is -0.111. The van der Waals surface area contributed by atoms with Gasteiger partial charge in [0, 0.05) is 35.5 Å². The van der Waals surface area contributed by atoms with Crippen molar-refractivity contribution in [2.75, 3.05) is 19.5 Å². The van der Waals surface area contributed by atoms with Crippen LogP contribution in [0.15, 0.2) is 48.8 Å². The summed E-state index contributed by atoms with van der Waals surface area (Å²) in [6.45, 7) is 6.14. The van der Waals surface area contributed by atoms with Gasteiger partial charge in [-0.3, -0.25) is 4.79 Å². The number of anilines is 1. The van der Waals surface area contributed by atoms with E-state index in [1.165, 1.54) is 10.8 Å². The van der Waals surface area contributed by atoms with Gasteiger partial charge in [0.25, 0.3) is 5.95 Å². The van der Waals surface area contributed by atoms with E-state index in [0.29, 0.717) is 23.3 Å². The molecule has 156 valence electrons. The number of amides is 1. The molecular formula is C22H25N5O3. The number of ether oxygens (including phenoxy) is 2. The number of aromatic nitrogens is 4. The lowest BCUT2D eigenvalue weighted by Gasteiger charge is -2.13. The maximum absolute atomic E-state index is 12.6. The molecule has 0 spiro atoms. The molecular weight excluding hydrogens is 382 g/mol. The second kappa shape index (κ2) is 8.77. The van der Waals surface area contributed by atoms with Crippen LogP contribution in [0.1, 0.15) is 32.0 Å². The Morgan fingerprint density at radius 1 is 1.10 bits per heavy atom. The summed E-state index contributed by atoms with van der Waals surface area (Å²) >= 11 is 0. The SMILES string of the molecule is COc1ccc(OC)c(/C=C/C(=O)Nc2cc(C(C)(C)C)nn2-c2ncccn2)c1. The summed E-state index contributed by atoms with van der Waals surface area (Å²) in [6.07, 6.45) is 6.35. The van der Waals surface area contributed by atoms with Crippen molar-refractivity contribution in [3.63, 3.8) is 0 Å².